The van der Waals surface area contributed by atoms with E-state index >= 15 is 0 Å². The predicted molar refractivity (Wildman–Crippen MR) is 116 cm³/mol. The quantitative estimate of drug-likeness (QED) is 0.628. The third kappa shape index (κ3) is 5.34. The van der Waals surface area contributed by atoms with Crippen LogP contribution in [0.2, 0.25) is 0 Å². The van der Waals surface area contributed by atoms with Crippen molar-refractivity contribution in [2.24, 2.45) is 17.6 Å². The number of likely N-dealkylation sites (tertiary alicyclic amines) is 1. The Morgan fingerprint density at radius 3 is 2.52 bits per heavy atom. The third-order valence-corrected chi connectivity index (χ3v) is 6.67. The van der Waals surface area contributed by atoms with Gasteiger partial charge in [-0.25, -0.2) is 0 Å². The second kappa shape index (κ2) is 9.22. The summed E-state index contributed by atoms with van der Waals surface area (Å²) in [5.74, 6) is 2.13. The van der Waals surface area contributed by atoms with Crippen molar-refractivity contribution >= 4 is 11.7 Å². The number of amides is 1. The highest BCUT2D eigenvalue weighted by atomic mass is 16.5. The second-order valence-electron chi connectivity index (χ2n) is 9.13. The molecule has 1 unspecified atom stereocenters. The first-order valence-corrected chi connectivity index (χ1v) is 11.2. The van der Waals surface area contributed by atoms with Gasteiger partial charge in [-0.15, -0.1) is 0 Å². The molecule has 3 N–H and O–H groups in total. The number of rotatable bonds is 8. The van der Waals surface area contributed by atoms with Crippen LogP contribution in [0.5, 0.6) is 5.75 Å². The van der Waals surface area contributed by atoms with Crippen LogP contribution < -0.4 is 5.73 Å². The number of carbonyl (C=O) groups is 2. The fourth-order valence-corrected chi connectivity index (χ4v) is 4.44. The minimum Gasteiger partial charge on any atom is -0.508 e. The molecule has 7 nitrogen and oxygen atoms in total. The van der Waals surface area contributed by atoms with Crippen LogP contribution in [0.3, 0.4) is 0 Å². The van der Waals surface area contributed by atoms with Gasteiger partial charge < -0.3 is 20.3 Å². The maximum Gasteiger partial charge on any atom is 0.239 e. The molecule has 2 atom stereocenters. The molecular formula is C24H31N3O4. The minimum absolute atomic E-state index is 0.0366. The fraction of sp³-hybridized carbons (Fsp3) is 0.542. The summed E-state index contributed by atoms with van der Waals surface area (Å²) in [7, 11) is 0. The van der Waals surface area contributed by atoms with E-state index in [0.29, 0.717) is 43.5 Å². The summed E-state index contributed by atoms with van der Waals surface area (Å²) in [6, 6.07) is 8.00. The average Bonchev–Trinajstić information content (AvgIpc) is 3.51. The number of aromatic hydroxyl groups is 1. The van der Waals surface area contributed by atoms with Gasteiger partial charge in [0.2, 0.25) is 5.91 Å². The minimum atomic E-state index is -0.590. The van der Waals surface area contributed by atoms with Crippen LogP contribution in [0.4, 0.5) is 0 Å². The number of ketones is 1. The van der Waals surface area contributed by atoms with Gasteiger partial charge in [0, 0.05) is 31.5 Å². The van der Waals surface area contributed by atoms with Crippen LogP contribution in [0.1, 0.15) is 66.8 Å². The number of benzene rings is 1. The lowest BCUT2D eigenvalue weighted by molar-refractivity contribution is -0.134. The van der Waals surface area contributed by atoms with Gasteiger partial charge in [0.1, 0.15) is 17.2 Å². The number of phenolic OH excluding ortho intramolecular Hbond substituents is 1. The van der Waals surface area contributed by atoms with Crippen molar-refractivity contribution in [3.63, 3.8) is 0 Å². The number of piperidine rings is 1. The van der Waals surface area contributed by atoms with Gasteiger partial charge in [0.05, 0.1) is 6.04 Å². The fourth-order valence-electron chi connectivity index (χ4n) is 4.44. The van der Waals surface area contributed by atoms with Crippen LogP contribution in [0.15, 0.2) is 34.9 Å². The number of aromatic nitrogens is 1. The molecule has 1 aromatic heterocycles. The second-order valence-corrected chi connectivity index (χ2v) is 9.13. The van der Waals surface area contributed by atoms with E-state index in [0.717, 1.165) is 37.0 Å². The Kier molecular flexibility index (Phi) is 6.41. The molecule has 0 radical (unpaired) electrons. The number of hydrogen-bond acceptors (Lipinski definition) is 6. The van der Waals surface area contributed by atoms with E-state index in [4.69, 9.17) is 10.3 Å². The normalized spacial score (nSPS) is 19.2. The van der Waals surface area contributed by atoms with E-state index in [1.165, 1.54) is 0 Å². The van der Waals surface area contributed by atoms with E-state index in [1.807, 2.05) is 11.0 Å². The largest absolute Gasteiger partial charge is 0.508 e. The highest BCUT2D eigenvalue weighted by Crippen LogP contribution is 2.40. The summed E-state index contributed by atoms with van der Waals surface area (Å²) >= 11 is 0. The Morgan fingerprint density at radius 2 is 1.87 bits per heavy atom. The molecule has 2 aromatic rings. The molecular weight excluding hydrogens is 394 g/mol. The first-order valence-electron chi connectivity index (χ1n) is 11.2. The van der Waals surface area contributed by atoms with Crippen molar-refractivity contribution in [1.29, 1.82) is 0 Å². The Balaban J connectivity index is 1.23. The Morgan fingerprint density at radius 1 is 1.19 bits per heavy atom. The molecule has 1 aliphatic heterocycles. The summed E-state index contributed by atoms with van der Waals surface area (Å²) in [6.45, 7) is 3.45. The SMILES string of the molecule is CC(CC(=O)c1cc(C2CC2)on1)C1CCN(C(=O)[C@@H](N)Cc2ccc(O)cc2)CC1. The maximum absolute atomic E-state index is 12.7. The van der Waals surface area contributed by atoms with Gasteiger partial charge in [-0.3, -0.25) is 9.59 Å². The van der Waals surface area contributed by atoms with Gasteiger partial charge in [0.25, 0.3) is 0 Å². The molecule has 7 heteroatoms. The molecule has 2 aliphatic rings. The lowest BCUT2D eigenvalue weighted by Crippen LogP contribution is -2.48. The van der Waals surface area contributed by atoms with Gasteiger partial charge in [-0.1, -0.05) is 24.2 Å². The lowest BCUT2D eigenvalue weighted by Gasteiger charge is -2.36. The van der Waals surface area contributed by atoms with E-state index in [9.17, 15) is 14.7 Å². The number of phenols is 1. The van der Waals surface area contributed by atoms with Crippen LogP contribution in [0.25, 0.3) is 0 Å². The van der Waals surface area contributed by atoms with Crippen molar-refractivity contribution in [3.05, 3.63) is 47.3 Å². The topological polar surface area (TPSA) is 110 Å². The smallest absolute Gasteiger partial charge is 0.239 e. The maximum atomic E-state index is 12.7. The molecule has 166 valence electrons. The molecule has 0 bridgehead atoms. The Bertz CT molecular complexity index is 911. The molecule has 31 heavy (non-hydrogen) atoms. The van der Waals surface area contributed by atoms with Crippen LogP contribution >= 0.6 is 0 Å². The summed E-state index contributed by atoms with van der Waals surface area (Å²) in [6.07, 6.45) is 4.89. The van der Waals surface area contributed by atoms with E-state index in [-0.39, 0.29) is 23.4 Å². The van der Waals surface area contributed by atoms with Gasteiger partial charge >= 0.3 is 0 Å². The number of hydrogen-bond donors (Lipinski definition) is 2. The number of nitrogens with two attached hydrogens (primary N) is 1. The molecule has 1 aromatic carbocycles. The molecule has 1 amide bonds. The summed E-state index contributed by atoms with van der Waals surface area (Å²) in [4.78, 5) is 27.2. The van der Waals surface area contributed by atoms with Crippen molar-refractivity contribution in [2.75, 3.05) is 13.1 Å². The van der Waals surface area contributed by atoms with Crippen molar-refractivity contribution in [2.45, 2.75) is 57.4 Å². The van der Waals surface area contributed by atoms with Crippen LogP contribution in [0, 0.1) is 11.8 Å². The highest BCUT2D eigenvalue weighted by Gasteiger charge is 2.31. The number of Topliss-reactive ketones (excluding diaryl/α,β-unsaturated/α-hetero) is 1. The zero-order valence-corrected chi connectivity index (χ0v) is 18.0. The van der Waals surface area contributed by atoms with E-state index in [2.05, 4.69) is 12.1 Å². The molecule has 1 aliphatic carbocycles. The monoisotopic (exact) mass is 425 g/mol. The first kappa shape index (κ1) is 21.6. The predicted octanol–water partition coefficient (Wildman–Crippen LogP) is 3.28. The van der Waals surface area contributed by atoms with Crippen molar-refractivity contribution in [3.8, 4) is 5.75 Å². The lowest BCUT2D eigenvalue weighted by atomic mass is 9.82. The molecule has 2 fully saturated rings. The van der Waals surface area contributed by atoms with Crippen molar-refractivity contribution in [1.82, 2.24) is 10.1 Å². The number of carbonyl (C=O) groups excluding carboxylic acids is 2. The first-order chi connectivity index (χ1) is 14.9. The summed E-state index contributed by atoms with van der Waals surface area (Å²) in [5, 5.41) is 13.3. The average molecular weight is 426 g/mol. The molecule has 1 saturated heterocycles. The molecule has 0 spiro atoms. The van der Waals surface area contributed by atoms with Gasteiger partial charge in [0.15, 0.2) is 5.78 Å². The summed E-state index contributed by atoms with van der Waals surface area (Å²) < 4.78 is 5.31. The zero-order chi connectivity index (χ0) is 22.0. The van der Waals surface area contributed by atoms with Crippen LogP contribution in [-0.4, -0.2) is 46.0 Å². The van der Waals surface area contributed by atoms with Gasteiger partial charge in [-0.05, 0) is 61.6 Å². The van der Waals surface area contributed by atoms with E-state index < -0.39 is 6.04 Å². The van der Waals surface area contributed by atoms with Crippen LogP contribution in [-0.2, 0) is 11.2 Å². The highest BCUT2D eigenvalue weighted by molar-refractivity contribution is 5.94. The number of nitrogens with zero attached hydrogens (tertiary/aromatic N) is 2. The molecule has 4 rings (SSSR count). The molecule has 2 heterocycles. The summed E-state index contributed by atoms with van der Waals surface area (Å²) in [5.41, 5.74) is 7.53. The van der Waals surface area contributed by atoms with Gasteiger partial charge in [-0.2, -0.15) is 0 Å². The van der Waals surface area contributed by atoms with E-state index in [1.54, 1.807) is 24.3 Å². The third-order valence-electron chi connectivity index (χ3n) is 6.67. The molecule has 1 saturated carbocycles. The Hall–Kier alpha value is -2.67. The standard InChI is InChI=1S/C24H31N3O4/c1-15(12-22(29)21-14-23(31-26-21)18-4-5-18)17-8-10-27(11-9-17)24(30)20(25)13-16-2-6-19(28)7-3-16/h2-3,6-7,14-15,17-18,20,28H,4-5,8-13,25H2,1H3/t15?,20-/m0/s1. The zero-order valence-electron chi connectivity index (χ0n) is 18.0. The van der Waals surface area contributed by atoms with Crippen molar-refractivity contribution < 1.29 is 19.2 Å². The Labute approximate surface area is 182 Å².